The van der Waals surface area contributed by atoms with Gasteiger partial charge in [0, 0.05) is 44.4 Å². The first-order chi connectivity index (χ1) is 16.0. The van der Waals surface area contributed by atoms with E-state index in [-0.39, 0.29) is 24.3 Å². The molecule has 1 aromatic carbocycles. The maximum Gasteiger partial charge on any atom is 0.255 e. The number of amides is 3. The highest BCUT2D eigenvalue weighted by Crippen LogP contribution is 2.31. The number of hydrogen-bond donors (Lipinski definition) is 1. The summed E-state index contributed by atoms with van der Waals surface area (Å²) in [7, 11) is 0. The van der Waals surface area contributed by atoms with Crippen LogP contribution in [0.15, 0.2) is 36.5 Å². The molecule has 3 amide bonds. The third kappa shape index (κ3) is 4.30. The summed E-state index contributed by atoms with van der Waals surface area (Å²) in [6.45, 7) is 2.68. The molecule has 1 aromatic heterocycles. The molecule has 3 aliphatic rings. The normalized spacial score (nSPS) is 22.8. The lowest BCUT2D eigenvalue weighted by atomic mass is 10.0. The Morgan fingerprint density at radius 2 is 2.06 bits per heavy atom. The van der Waals surface area contributed by atoms with Crippen LogP contribution in [0.3, 0.4) is 0 Å². The van der Waals surface area contributed by atoms with Crippen molar-refractivity contribution in [3.05, 3.63) is 58.9 Å². The molecule has 33 heavy (non-hydrogen) atoms. The lowest BCUT2D eigenvalue weighted by Crippen LogP contribution is -2.52. The van der Waals surface area contributed by atoms with E-state index >= 15 is 0 Å². The number of carbonyl (C=O) groups excluding carboxylic acids is 3. The predicted molar refractivity (Wildman–Crippen MR) is 116 cm³/mol. The minimum Gasteiger partial charge on any atom is -0.489 e. The molecule has 0 bridgehead atoms. The molecular formula is C24H23N5O4. The zero-order valence-corrected chi connectivity index (χ0v) is 18.0. The molecule has 0 aliphatic carbocycles. The van der Waals surface area contributed by atoms with Crippen molar-refractivity contribution in [1.29, 1.82) is 5.26 Å². The van der Waals surface area contributed by atoms with Crippen molar-refractivity contribution < 1.29 is 19.1 Å². The Morgan fingerprint density at radius 3 is 2.82 bits per heavy atom. The largest absolute Gasteiger partial charge is 0.489 e. The number of piperidine rings is 1. The number of fused-ring (bicyclic) bond motifs is 1. The highest BCUT2D eigenvalue weighted by atomic mass is 16.5. The van der Waals surface area contributed by atoms with E-state index in [2.05, 4.69) is 21.3 Å². The van der Waals surface area contributed by atoms with E-state index < -0.39 is 11.9 Å². The average molecular weight is 445 g/mol. The summed E-state index contributed by atoms with van der Waals surface area (Å²) in [5.41, 5.74) is 2.87. The molecule has 3 aliphatic heterocycles. The van der Waals surface area contributed by atoms with Crippen molar-refractivity contribution in [2.45, 2.75) is 44.5 Å². The number of aromatic nitrogens is 1. The quantitative estimate of drug-likeness (QED) is 0.691. The highest BCUT2D eigenvalue weighted by molar-refractivity contribution is 6.05. The Kier molecular flexibility index (Phi) is 5.52. The molecule has 0 saturated carbocycles. The molecule has 5 rings (SSSR count). The lowest BCUT2D eigenvalue weighted by Gasteiger charge is -2.29. The van der Waals surface area contributed by atoms with E-state index in [1.165, 1.54) is 4.90 Å². The van der Waals surface area contributed by atoms with Crippen LogP contribution in [0.4, 0.5) is 0 Å². The molecule has 1 N–H and O–H groups in total. The number of imide groups is 1. The fourth-order valence-electron chi connectivity index (χ4n) is 4.67. The number of benzene rings is 1. The van der Waals surface area contributed by atoms with Crippen LogP contribution in [-0.2, 0) is 22.7 Å². The van der Waals surface area contributed by atoms with Crippen LogP contribution in [0.25, 0.3) is 0 Å². The maximum absolute atomic E-state index is 12.8. The van der Waals surface area contributed by atoms with Crippen LogP contribution in [0.2, 0.25) is 0 Å². The Hall–Kier alpha value is -3.77. The van der Waals surface area contributed by atoms with Crippen molar-refractivity contribution in [3.8, 4) is 11.8 Å². The molecule has 1 unspecified atom stereocenters. The summed E-state index contributed by atoms with van der Waals surface area (Å²) in [4.78, 5) is 44.6. The molecule has 9 heteroatoms. The minimum absolute atomic E-state index is 0.0322. The summed E-state index contributed by atoms with van der Waals surface area (Å²) < 4.78 is 6.20. The first-order valence-corrected chi connectivity index (χ1v) is 11.0. The first kappa shape index (κ1) is 21.1. The number of nitrogens with one attached hydrogen (secondary N) is 1. The van der Waals surface area contributed by atoms with Crippen LogP contribution in [0.1, 0.15) is 46.4 Å². The average Bonchev–Trinajstić information content (AvgIpc) is 3.38. The summed E-state index contributed by atoms with van der Waals surface area (Å²) in [6.07, 6.45) is 3.09. The molecule has 4 heterocycles. The van der Waals surface area contributed by atoms with Gasteiger partial charge in [-0.05, 0) is 48.7 Å². The van der Waals surface area contributed by atoms with E-state index in [9.17, 15) is 14.4 Å². The Labute approximate surface area is 190 Å². The van der Waals surface area contributed by atoms with Crippen molar-refractivity contribution in [2.24, 2.45) is 0 Å². The standard InChI is InChI=1S/C24H23N5O4/c25-10-15-1-2-17(26-11-15)13-28-8-7-19(14-28)33-18-3-4-20-16(9-18)12-29(24(20)32)21-5-6-22(30)27-23(21)31/h1-4,9,11,19,21H,5-8,12-14H2,(H,27,30,31)/t19-,21?/m0/s1. The number of likely N-dealkylation sites (tertiary alicyclic amines) is 1. The Bertz CT molecular complexity index is 1160. The van der Waals surface area contributed by atoms with Crippen LogP contribution in [-0.4, -0.2) is 57.7 Å². The molecule has 2 saturated heterocycles. The van der Waals surface area contributed by atoms with E-state index in [0.717, 1.165) is 30.8 Å². The SMILES string of the molecule is N#Cc1ccc(CN2CC[C@H](Oc3ccc4c(c3)CN(C3CCC(=O)NC3=O)C4=O)C2)nc1. The molecule has 0 radical (unpaired) electrons. The number of nitriles is 1. The first-order valence-electron chi connectivity index (χ1n) is 11.0. The Balaban J connectivity index is 1.20. The topological polar surface area (TPSA) is 116 Å². The smallest absolute Gasteiger partial charge is 0.255 e. The van der Waals surface area contributed by atoms with Crippen LogP contribution in [0.5, 0.6) is 5.75 Å². The molecular weight excluding hydrogens is 422 g/mol. The van der Waals surface area contributed by atoms with Gasteiger partial charge in [0.15, 0.2) is 0 Å². The molecule has 2 fully saturated rings. The van der Waals surface area contributed by atoms with Gasteiger partial charge in [-0.1, -0.05) is 0 Å². The minimum atomic E-state index is -0.619. The number of ether oxygens (including phenoxy) is 1. The highest BCUT2D eigenvalue weighted by Gasteiger charge is 2.39. The maximum atomic E-state index is 12.8. The summed E-state index contributed by atoms with van der Waals surface area (Å²) in [5, 5.41) is 11.2. The van der Waals surface area contributed by atoms with E-state index in [4.69, 9.17) is 10.00 Å². The van der Waals surface area contributed by atoms with Crippen LogP contribution < -0.4 is 10.1 Å². The van der Waals surface area contributed by atoms with Gasteiger partial charge in [-0.25, -0.2) is 0 Å². The Morgan fingerprint density at radius 1 is 1.18 bits per heavy atom. The fraction of sp³-hybridized carbons (Fsp3) is 0.375. The zero-order valence-electron chi connectivity index (χ0n) is 18.0. The summed E-state index contributed by atoms with van der Waals surface area (Å²) >= 11 is 0. The predicted octanol–water partition coefficient (Wildman–Crippen LogP) is 1.37. The molecule has 9 nitrogen and oxygen atoms in total. The fourth-order valence-corrected chi connectivity index (χ4v) is 4.67. The second-order valence-electron chi connectivity index (χ2n) is 8.63. The third-order valence-electron chi connectivity index (χ3n) is 6.37. The van der Waals surface area contributed by atoms with Gasteiger partial charge in [-0.2, -0.15) is 5.26 Å². The molecule has 0 spiro atoms. The van der Waals surface area contributed by atoms with Gasteiger partial charge in [0.25, 0.3) is 5.91 Å². The monoisotopic (exact) mass is 445 g/mol. The van der Waals surface area contributed by atoms with Crippen molar-refractivity contribution >= 4 is 17.7 Å². The molecule has 168 valence electrons. The van der Waals surface area contributed by atoms with Crippen LogP contribution in [0, 0.1) is 11.3 Å². The number of carbonyl (C=O) groups is 3. The van der Waals surface area contributed by atoms with Gasteiger partial charge in [0.2, 0.25) is 11.8 Å². The lowest BCUT2D eigenvalue weighted by molar-refractivity contribution is -0.136. The number of pyridine rings is 1. The zero-order chi connectivity index (χ0) is 22.9. The summed E-state index contributed by atoms with van der Waals surface area (Å²) in [5.74, 6) is -0.189. The van der Waals surface area contributed by atoms with Gasteiger partial charge in [0.1, 0.15) is 24.0 Å². The number of hydrogen-bond acceptors (Lipinski definition) is 7. The second-order valence-corrected chi connectivity index (χ2v) is 8.63. The third-order valence-corrected chi connectivity index (χ3v) is 6.37. The van der Waals surface area contributed by atoms with Gasteiger partial charge in [0.05, 0.1) is 11.3 Å². The number of rotatable bonds is 5. The van der Waals surface area contributed by atoms with Gasteiger partial charge < -0.3 is 9.64 Å². The van der Waals surface area contributed by atoms with E-state index in [0.29, 0.717) is 36.4 Å². The molecule has 2 aromatic rings. The number of nitrogens with zero attached hydrogens (tertiary/aromatic N) is 4. The van der Waals surface area contributed by atoms with E-state index in [1.807, 2.05) is 12.1 Å². The van der Waals surface area contributed by atoms with Crippen molar-refractivity contribution in [3.63, 3.8) is 0 Å². The molecule has 2 atom stereocenters. The van der Waals surface area contributed by atoms with Gasteiger partial charge in [-0.3, -0.25) is 29.6 Å². The van der Waals surface area contributed by atoms with Gasteiger partial charge >= 0.3 is 0 Å². The van der Waals surface area contributed by atoms with Crippen LogP contribution >= 0.6 is 0 Å². The van der Waals surface area contributed by atoms with Crippen molar-refractivity contribution in [1.82, 2.24) is 20.1 Å². The van der Waals surface area contributed by atoms with Gasteiger partial charge in [-0.15, -0.1) is 0 Å². The summed E-state index contributed by atoms with van der Waals surface area (Å²) in [6, 6.07) is 10.5. The van der Waals surface area contributed by atoms with Crippen molar-refractivity contribution in [2.75, 3.05) is 13.1 Å². The second kappa shape index (κ2) is 8.64. The van der Waals surface area contributed by atoms with E-state index in [1.54, 1.807) is 24.4 Å².